The molecule has 3 heterocycles. The first-order valence-electron chi connectivity index (χ1n) is 10.8. The van der Waals surface area contributed by atoms with Crippen molar-refractivity contribution < 1.29 is 14.7 Å². The van der Waals surface area contributed by atoms with Crippen LogP contribution >= 0.6 is 0 Å². The van der Waals surface area contributed by atoms with Gasteiger partial charge in [-0.2, -0.15) is 0 Å². The van der Waals surface area contributed by atoms with Crippen LogP contribution in [0.2, 0.25) is 0 Å². The molecule has 0 bridgehead atoms. The molecule has 1 fully saturated rings. The molecule has 2 aliphatic rings. The lowest BCUT2D eigenvalue weighted by atomic mass is 9.93. The first kappa shape index (κ1) is 20.3. The van der Waals surface area contributed by atoms with E-state index in [4.69, 9.17) is 0 Å². The molecule has 3 N–H and O–H groups in total. The summed E-state index contributed by atoms with van der Waals surface area (Å²) in [4.78, 5) is 30.6. The number of benzene rings is 2. The number of β-amino-alcohol motifs (C(OH)–C–C–N with tert-alkyl or cyclic N) is 1. The summed E-state index contributed by atoms with van der Waals surface area (Å²) < 4.78 is 0. The Morgan fingerprint density at radius 3 is 2.75 bits per heavy atom. The summed E-state index contributed by atoms with van der Waals surface area (Å²) in [6.45, 7) is 4.84. The molecule has 2 aromatic carbocycles. The van der Waals surface area contributed by atoms with Gasteiger partial charge >= 0.3 is 0 Å². The molecule has 0 unspecified atom stereocenters. The second-order valence-corrected chi connectivity index (χ2v) is 8.54. The number of hydrogen-bond donors (Lipinski definition) is 3. The Balaban J connectivity index is 1.55. The summed E-state index contributed by atoms with van der Waals surface area (Å²) in [6.07, 6.45) is 3.66. The van der Waals surface area contributed by atoms with Gasteiger partial charge < -0.3 is 20.3 Å². The third-order valence-electron chi connectivity index (χ3n) is 6.31. The predicted molar refractivity (Wildman–Crippen MR) is 125 cm³/mol. The highest BCUT2D eigenvalue weighted by atomic mass is 16.3. The maximum atomic E-state index is 12.9. The van der Waals surface area contributed by atoms with Crippen LogP contribution in [-0.4, -0.2) is 46.0 Å². The summed E-state index contributed by atoms with van der Waals surface area (Å²) in [6, 6.07) is 14.1. The molecule has 5 rings (SSSR count). The summed E-state index contributed by atoms with van der Waals surface area (Å²) in [5.41, 5.74) is 7.49. The van der Waals surface area contributed by atoms with Crippen molar-refractivity contribution in [3.05, 3.63) is 76.6 Å². The van der Waals surface area contributed by atoms with Crippen molar-refractivity contribution in [1.29, 1.82) is 0 Å². The Morgan fingerprint density at radius 1 is 1.19 bits per heavy atom. The zero-order chi connectivity index (χ0) is 22.4. The number of aromatic nitrogens is 1. The van der Waals surface area contributed by atoms with Crippen LogP contribution in [0.4, 0.5) is 5.69 Å². The number of aryl methyl sites for hydroxylation is 1. The van der Waals surface area contributed by atoms with Gasteiger partial charge in [-0.1, -0.05) is 42.0 Å². The molecule has 0 aliphatic carbocycles. The largest absolute Gasteiger partial charge is 0.391 e. The van der Waals surface area contributed by atoms with Crippen molar-refractivity contribution in [3.8, 4) is 11.1 Å². The Morgan fingerprint density at radius 2 is 2.00 bits per heavy atom. The maximum absolute atomic E-state index is 12.9. The standard InChI is InChI=1S/C26H25N3O3/c1-15-5-3-6-17(11-15)19-7-4-8-22-24(19)20(25(31)28-22)12-23-16(2)21(13-27-23)26(32)29-10-9-18(30)14-29/h3-8,11-13,18,27,30H,9-10,14H2,1-2H3,(H,28,31)/b20-12-/t18-/m0/s1. The number of likely N-dealkylation sites (tertiary alicyclic amines) is 1. The Hall–Kier alpha value is -3.64. The number of fused-ring (bicyclic) bond motifs is 1. The molecule has 0 saturated carbocycles. The fourth-order valence-electron chi connectivity index (χ4n) is 4.57. The third-order valence-corrected chi connectivity index (χ3v) is 6.31. The first-order chi connectivity index (χ1) is 15.4. The number of amides is 2. The number of H-pyrrole nitrogens is 1. The average molecular weight is 428 g/mol. The van der Waals surface area contributed by atoms with E-state index in [9.17, 15) is 14.7 Å². The predicted octanol–water partition coefficient (Wildman–Crippen LogP) is 4.00. The molecule has 6 heteroatoms. The van der Waals surface area contributed by atoms with Crippen LogP contribution < -0.4 is 5.32 Å². The monoisotopic (exact) mass is 427 g/mol. The van der Waals surface area contributed by atoms with Crippen molar-refractivity contribution in [2.45, 2.75) is 26.4 Å². The van der Waals surface area contributed by atoms with Gasteiger partial charge in [0.1, 0.15) is 0 Å². The van der Waals surface area contributed by atoms with E-state index in [2.05, 4.69) is 16.4 Å². The molecule has 1 aromatic heterocycles. The van der Waals surface area contributed by atoms with Gasteiger partial charge in [0.25, 0.3) is 11.8 Å². The molecular formula is C26H25N3O3. The van der Waals surface area contributed by atoms with E-state index >= 15 is 0 Å². The molecule has 0 spiro atoms. The van der Waals surface area contributed by atoms with Gasteiger partial charge in [0, 0.05) is 36.2 Å². The molecule has 2 aliphatic heterocycles. The second kappa shape index (κ2) is 7.80. The molecule has 1 atom stereocenters. The minimum atomic E-state index is -0.460. The minimum Gasteiger partial charge on any atom is -0.391 e. The molecule has 2 amide bonds. The van der Waals surface area contributed by atoms with Crippen molar-refractivity contribution in [2.75, 3.05) is 18.4 Å². The van der Waals surface area contributed by atoms with Crippen molar-refractivity contribution in [2.24, 2.45) is 0 Å². The van der Waals surface area contributed by atoms with Crippen LogP contribution in [0.15, 0.2) is 48.7 Å². The zero-order valence-corrected chi connectivity index (χ0v) is 18.1. The van der Waals surface area contributed by atoms with Gasteiger partial charge in [-0.05, 0) is 49.1 Å². The topological polar surface area (TPSA) is 85.4 Å². The van der Waals surface area contributed by atoms with Crippen LogP contribution in [0.25, 0.3) is 22.8 Å². The fourth-order valence-corrected chi connectivity index (χ4v) is 4.57. The molecule has 162 valence electrons. The minimum absolute atomic E-state index is 0.100. The molecular weight excluding hydrogens is 402 g/mol. The SMILES string of the molecule is Cc1cccc(-c2cccc3c2/C(=C/c2[nH]cc(C(=O)N4CC[C@H](O)C4)c2C)C(=O)N3)c1. The van der Waals surface area contributed by atoms with E-state index in [0.29, 0.717) is 30.6 Å². The number of aromatic amines is 1. The summed E-state index contributed by atoms with van der Waals surface area (Å²) in [5, 5.41) is 12.7. The summed E-state index contributed by atoms with van der Waals surface area (Å²) >= 11 is 0. The third kappa shape index (κ3) is 3.42. The van der Waals surface area contributed by atoms with Crippen molar-refractivity contribution in [1.82, 2.24) is 9.88 Å². The van der Waals surface area contributed by atoms with Crippen molar-refractivity contribution in [3.63, 3.8) is 0 Å². The van der Waals surface area contributed by atoms with E-state index in [-0.39, 0.29) is 11.8 Å². The van der Waals surface area contributed by atoms with Crippen molar-refractivity contribution >= 4 is 29.2 Å². The van der Waals surface area contributed by atoms with Crippen LogP contribution in [0.3, 0.4) is 0 Å². The zero-order valence-electron chi connectivity index (χ0n) is 18.1. The number of aliphatic hydroxyl groups excluding tert-OH is 1. The number of carbonyl (C=O) groups excluding carboxylic acids is 2. The molecule has 6 nitrogen and oxygen atoms in total. The number of aliphatic hydroxyl groups is 1. The highest BCUT2D eigenvalue weighted by Crippen LogP contribution is 2.40. The Bertz CT molecular complexity index is 1270. The number of hydrogen-bond acceptors (Lipinski definition) is 3. The van der Waals surface area contributed by atoms with E-state index in [1.54, 1.807) is 11.1 Å². The summed E-state index contributed by atoms with van der Waals surface area (Å²) in [5.74, 6) is -0.263. The van der Waals surface area contributed by atoms with Gasteiger partial charge in [-0.15, -0.1) is 0 Å². The Labute approximate surface area is 186 Å². The van der Waals surface area contributed by atoms with Gasteiger partial charge in [0.05, 0.1) is 17.2 Å². The molecule has 32 heavy (non-hydrogen) atoms. The van der Waals surface area contributed by atoms with Crippen LogP contribution in [0.1, 0.15) is 39.2 Å². The molecule has 0 radical (unpaired) electrons. The van der Waals surface area contributed by atoms with Crippen LogP contribution in [0, 0.1) is 13.8 Å². The van der Waals surface area contributed by atoms with E-state index in [1.807, 2.05) is 56.3 Å². The van der Waals surface area contributed by atoms with Crippen LogP contribution in [0.5, 0.6) is 0 Å². The van der Waals surface area contributed by atoms with Gasteiger partial charge in [0.15, 0.2) is 0 Å². The number of nitrogens with one attached hydrogen (secondary N) is 2. The number of carbonyl (C=O) groups is 2. The lowest BCUT2D eigenvalue weighted by Crippen LogP contribution is -2.29. The number of nitrogens with zero attached hydrogens (tertiary/aromatic N) is 1. The molecule has 3 aromatic rings. The average Bonchev–Trinajstić information content (AvgIpc) is 3.45. The van der Waals surface area contributed by atoms with E-state index < -0.39 is 6.10 Å². The maximum Gasteiger partial charge on any atom is 0.256 e. The highest BCUT2D eigenvalue weighted by Gasteiger charge is 2.30. The lowest BCUT2D eigenvalue weighted by molar-refractivity contribution is -0.110. The van der Waals surface area contributed by atoms with E-state index in [0.717, 1.165) is 39.2 Å². The second-order valence-electron chi connectivity index (χ2n) is 8.54. The smallest absolute Gasteiger partial charge is 0.256 e. The van der Waals surface area contributed by atoms with E-state index in [1.165, 1.54) is 0 Å². The summed E-state index contributed by atoms with van der Waals surface area (Å²) in [7, 11) is 0. The fraction of sp³-hybridized carbons (Fsp3) is 0.231. The highest BCUT2D eigenvalue weighted by molar-refractivity contribution is 6.36. The van der Waals surface area contributed by atoms with Gasteiger partial charge in [0.2, 0.25) is 0 Å². The number of anilines is 1. The Kier molecular flexibility index (Phi) is 4.94. The molecule has 1 saturated heterocycles. The van der Waals surface area contributed by atoms with Crippen LogP contribution in [-0.2, 0) is 4.79 Å². The van der Waals surface area contributed by atoms with Gasteiger partial charge in [-0.25, -0.2) is 0 Å². The number of rotatable bonds is 3. The normalized spacial score (nSPS) is 18.8. The lowest BCUT2D eigenvalue weighted by Gasteiger charge is -2.15. The first-order valence-corrected chi connectivity index (χ1v) is 10.8. The quantitative estimate of drug-likeness (QED) is 0.553. The van der Waals surface area contributed by atoms with Gasteiger partial charge in [-0.3, -0.25) is 9.59 Å².